The summed E-state index contributed by atoms with van der Waals surface area (Å²) in [4.78, 5) is 28.9. The summed E-state index contributed by atoms with van der Waals surface area (Å²) in [5, 5.41) is 0.384. The highest BCUT2D eigenvalue weighted by atomic mass is 35.5. The minimum Gasteiger partial charge on any atom is -0.369 e. The SMILES string of the molecule is Cc1cc(Cl)c(C(=O)N2CCC(C(N)=O)C2)cn1. The maximum absolute atomic E-state index is 12.2. The van der Waals surface area contributed by atoms with Crippen molar-refractivity contribution in [1.82, 2.24) is 9.88 Å². The van der Waals surface area contributed by atoms with Gasteiger partial charge >= 0.3 is 0 Å². The maximum Gasteiger partial charge on any atom is 0.256 e. The Kier molecular flexibility index (Phi) is 3.52. The van der Waals surface area contributed by atoms with Crippen molar-refractivity contribution in [2.24, 2.45) is 11.7 Å². The first kappa shape index (κ1) is 12.8. The lowest BCUT2D eigenvalue weighted by molar-refractivity contribution is -0.121. The Balaban J connectivity index is 2.15. The molecular weight excluding hydrogens is 254 g/mol. The zero-order chi connectivity index (χ0) is 13.3. The zero-order valence-corrected chi connectivity index (χ0v) is 10.8. The predicted octanol–water partition coefficient (Wildman–Crippen LogP) is 0.991. The second-order valence-electron chi connectivity index (χ2n) is 4.44. The molecule has 0 aliphatic carbocycles. The van der Waals surface area contributed by atoms with Gasteiger partial charge in [0.15, 0.2) is 0 Å². The highest BCUT2D eigenvalue weighted by Gasteiger charge is 2.30. The normalized spacial score (nSPS) is 19.0. The van der Waals surface area contributed by atoms with Crippen LogP contribution in [-0.2, 0) is 4.79 Å². The summed E-state index contributed by atoms with van der Waals surface area (Å²) in [6.07, 6.45) is 2.08. The van der Waals surface area contributed by atoms with E-state index in [9.17, 15) is 9.59 Å². The van der Waals surface area contributed by atoms with E-state index >= 15 is 0 Å². The zero-order valence-electron chi connectivity index (χ0n) is 10.0. The summed E-state index contributed by atoms with van der Waals surface area (Å²) in [5.74, 6) is -0.819. The average molecular weight is 268 g/mol. The summed E-state index contributed by atoms with van der Waals surface area (Å²) in [6, 6.07) is 1.65. The number of nitrogens with two attached hydrogens (primary N) is 1. The number of carbonyl (C=O) groups is 2. The van der Waals surface area contributed by atoms with Gasteiger partial charge in [-0.25, -0.2) is 0 Å². The first-order valence-corrected chi connectivity index (χ1v) is 6.07. The smallest absolute Gasteiger partial charge is 0.256 e. The van der Waals surface area contributed by atoms with E-state index in [1.807, 2.05) is 0 Å². The molecule has 1 saturated heterocycles. The molecule has 1 aromatic heterocycles. The van der Waals surface area contributed by atoms with Crippen LogP contribution in [0, 0.1) is 12.8 Å². The van der Waals surface area contributed by atoms with Gasteiger partial charge in [0.1, 0.15) is 0 Å². The fourth-order valence-electron chi connectivity index (χ4n) is 2.03. The van der Waals surface area contributed by atoms with Gasteiger partial charge in [0.25, 0.3) is 5.91 Å². The molecular formula is C12H14ClN3O2. The number of hydrogen-bond donors (Lipinski definition) is 1. The van der Waals surface area contributed by atoms with Gasteiger partial charge in [-0.1, -0.05) is 11.6 Å². The molecule has 2 rings (SSSR count). The number of nitrogens with zero attached hydrogens (tertiary/aromatic N) is 2. The summed E-state index contributed by atoms with van der Waals surface area (Å²) in [7, 11) is 0. The van der Waals surface area contributed by atoms with Gasteiger partial charge in [-0.05, 0) is 19.4 Å². The van der Waals surface area contributed by atoms with Gasteiger partial charge in [-0.15, -0.1) is 0 Å². The number of aryl methyl sites for hydroxylation is 1. The minimum absolute atomic E-state index is 0.198. The molecule has 18 heavy (non-hydrogen) atoms. The van der Waals surface area contributed by atoms with Crippen molar-refractivity contribution >= 4 is 23.4 Å². The number of aromatic nitrogens is 1. The number of halogens is 1. The fraction of sp³-hybridized carbons (Fsp3) is 0.417. The van der Waals surface area contributed by atoms with Crippen LogP contribution in [0.1, 0.15) is 22.5 Å². The monoisotopic (exact) mass is 267 g/mol. The molecule has 1 aromatic rings. The second kappa shape index (κ2) is 4.94. The molecule has 0 spiro atoms. The van der Waals surface area contributed by atoms with Crippen LogP contribution >= 0.6 is 11.6 Å². The van der Waals surface area contributed by atoms with E-state index in [4.69, 9.17) is 17.3 Å². The molecule has 0 radical (unpaired) electrons. The van der Waals surface area contributed by atoms with Crippen molar-refractivity contribution < 1.29 is 9.59 Å². The Labute approximate surface area is 110 Å². The number of likely N-dealkylation sites (tertiary alicyclic amines) is 1. The van der Waals surface area contributed by atoms with Gasteiger partial charge in [-0.2, -0.15) is 0 Å². The maximum atomic E-state index is 12.2. The number of rotatable bonds is 2. The van der Waals surface area contributed by atoms with Gasteiger partial charge in [-0.3, -0.25) is 14.6 Å². The first-order chi connectivity index (χ1) is 8.49. The Hall–Kier alpha value is -1.62. The van der Waals surface area contributed by atoms with E-state index < -0.39 is 0 Å². The van der Waals surface area contributed by atoms with Crippen molar-refractivity contribution in [1.29, 1.82) is 0 Å². The molecule has 0 bridgehead atoms. The van der Waals surface area contributed by atoms with Crippen LogP contribution in [0.25, 0.3) is 0 Å². The number of pyridine rings is 1. The van der Waals surface area contributed by atoms with Crippen molar-refractivity contribution in [3.63, 3.8) is 0 Å². The molecule has 1 aliphatic rings. The van der Waals surface area contributed by atoms with Gasteiger partial charge in [0.2, 0.25) is 5.91 Å². The third-order valence-corrected chi connectivity index (χ3v) is 3.41. The van der Waals surface area contributed by atoms with E-state index in [0.29, 0.717) is 30.1 Å². The van der Waals surface area contributed by atoms with Crippen LogP contribution < -0.4 is 5.73 Å². The topological polar surface area (TPSA) is 76.3 Å². The van der Waals surface area contributed by atoms with Gasteiger partial charge < -0.3 is 10.6 Å². The predicted molar refractivity (Wildman–Crippen MR) is 67.2 cm³/mol. The first-order valence-electron chi connectivity index (χ1n) is 5.69. The van der Waals surface area contributed by atoms with E-state index in [1.165, 1.54) is 6.20 Å². The quantitative estimate of drug-likeness (QED) is 0.868. The van der Waals surface area contributed by atoms with E-state index in [2.05, 4.69) is 4.98 Å². The summed E-state index contributed by atoms with van der Waals surface area (Å²) in [5.41, 5.74) is 6.36. The van der Waals surface area contributed by atoms with Crippen LogP contribution in [0.2, 0.25) is 5.02 Å². The molecule has 0 saturated carbocycles. The molecule has 2 amide bonds. The standard InChI is InChI=1S/C12H14ClN3O2/c1-7-4-10(13)9(5-15-7)12(18)16-3-2-8(6-16)11(14)17/h4-5,8H,2-3,6H2,1H3,(H2,14,17). The molecule has 96 valence electrons. The van der Waals surface area contributed by atoms with Crippen LogP contribution in [-0.4, -0.2) is 34.8 Å². The molecule has 1 fully saturated rings. The number of carbonyl (C=O) groups excluding carboxylic acids is 2. The minimum atomic E-state index is -0.363. The Morgan fingerprint density at radius 2 is 2.28 bits per heavy atom. The molecule has 2 N–H and O–H groups in total. The Morgan fingerprint density at radius 3 is 2.83 bits per heavy atom. The molecule has 1 aliphatic heterocycles. The van der Waals surface area contributed by atoms with E-state index in [1.54, 1.807) is 17.9 Å². The van der Waals surface area contributed by atoms with Crippen molar-refractivity contribution in [3.8, 4) is 0 Å². The largest absolute Gasteiger partial charge is 0.369 e. The lowest BCUT2D eigenvalue weighted by Crippen LogP contribution is -2.32. The fourth-order valence-corrected chi connectivity index (χ4v) is 2.32. The molecule has 1 atom stereocenters. The highest BCUT2D eigenvalue weighted by Crippen LogP contribution is 2.22. The third-order valence-electron chi connectivity index (χ3n) is 3.10. The van der Waals surface area contributed by atoms with E-state index in [-0.39, 0.29) is 17.7 Å². The summed E-state index contributed by atoms with van der Waals surface area (Å²) in [6.45, 7) is 2.69. The van der Waals surface area contributed by atoms with Crippen molar-refractivity contribution in [2.75, 3.05) is 13.1 Å². The second-order valence-corrected chi connectivity index (χ2v) is 4.85. The number of amides is 2. The molecule has 6 heteroatoms. The summed E-state index contributed by atoms with van der Waals surface area (Å²) >= 11 is 6.02. The lowest BCUT2D eigenvalue weighted by atomic mass is 10.1. The molecule has 5 nitrogen and oxygen atoms in total. The Morgan fingerprint density at radius 1 is 1.56 bits per heavy atom. The Bertz CT molecular complexity index is 504. The van der Waals surface area contributed by atoms with E-state index in [0.717, 1.165) is 5.69 Å². The molecule has 1 unspecified atom stereocenters. The van der Waals surface area contributed by atoms with Crippen molar-refractivity contribution in [3.05, 3.63) is 28.5 Å². The lowest BCUT2D eigenvalue weighted by Gasteiger charge is -2.16. The number of hydrogen-bond acceptors (Lipinski definition) is 3. The highest BCUT2D eigenvalue weighted by molar-refractivity contribution is 6.33. The average Bonchev–Trinajstić information content (AvgIpc) is 2.77. The summed E-state index contributed by atoms with van der Waals surface area (Å²) < 4.78 is 0. The molecule has 0 aromatic carbocycles. The third kappa shape index (κ3) is 2.46. The van der Waals surface area contributed by atoms with Gasteiger partial charge in [0, 0.05) is 25.0 Å². The van der Waals surface area contributed by atoms with Gasteiger partial charge in [0.05, 0.1) is 16.5 Å². The van der Waals surface area contributed by atoms with Crippen LogP contribution in [0.5, 0.6) is 0 Å². The van der Waals surface area contributed by atoms with Crippen molar-refractivity contribution in [2.45, 2.75) is 13.3 Å². The number of primary amides is 1. The van der Waals surface area contributed by atoms with Crippen LogP contribution in [0.4, 0.5) is 0 Å². The molecule has 2 heterocycles. The van der Waals surface area contributed by atoms with Crippen LogP contribution in [0.15, 0.2) is 12.3 Å². The van der Waals surface area contributed by atoms with Crippen LogP contribution in [0.3, 0.4) is 0 Å².